The maximum atomic E-state index is 11.9. The van der Waals surface area contributed by atoms with Gasteiger partial charge in [-0.15, -0.1) is 11.3 Å². The van der Waals surface area contributed by atoms with Gasteiger partial charge in [0, 0.05) is 11.6 Å². The summed E-state index contributed by atoms with van der Waals surface area (Å²) in [7, 11) is 0. The molecule has 1 rings (SSSR count). The van der Waals surface area contributed by atoms with E-state index in [1.54, 1.807) is 6.20 Å². The number of hydrogen-bond acceptors (Lipinski definition) is 4. The Morgan fingerprint density at radius 3 is 2.65 bits per heavy atom. The van der Waals surface area contributed by atoms with E-state index < -0.39 is 17.3 Å². The third-order valence-electron chi connectivity index (χ3n) is 2.57. The second kappa shape index (κ2) is 5.27. The molecule has 1 unspecified atom stereocenters. The minimum absolute atomic E-state index is 0.221. The van der Waals surface area contributed by atoms with Crippen molar-refractivity contribution in [2.24, 2.45) is 5.41 Å². The van der Waals surface area contributed by atoms with Crippen LogP contribution in [0, 0.1) is 5.41 Å². The highest BCUT2D eigenvalue weighted by Crippen LogP contribution is 2.22. The minimum Gasteiger partial charge on any atom is -0.480 e. The summed E-state index contributed by atoms with van der Waals surface area (Å²) in [5.41, 5.74) is -1.43. The van der Waals surface area contributed by atoms with Gasteiger partial charge in [0.2, 0.25) is 5.91 Å². The molecule has 0 saturated heterocycles. The van der Waals surface area contributed by atoms with E-state index >= 15 is 0 Å². The van der Waals surface area contributed by atoms with Crippen molar-refractivity contribution >= 4 is 23.2 Å². The van der Waals surface area contributed by atoms with Crippen LogP contribution < -0.4 is 5.32 Å². The molecule has 6 heteroatoms. The molecule has 0 aromatic carbocycles. The van der Waals surface area contributed by atoms with Crippen LogP contribution in [0.15, 0.2) is 11.6 Å². The zero-order valence-electron chi connectivity index (χ0n) is 10.1. The van der Waals surface area contributed by atoms with Gasteiger partial charge in [-0.25, -0.2) is 4.98 Å². The number of rotatable bonds is 5. The standard InChI is InChI=1S/C11H16N2O3S/c1-4-7(8-12-5-6-17-8)13-9(14)11(2,3)10(15)16/h5-7H,4H2,1-3H3,(H,13,14)(H,15,16). The molecule has 0 spiro atoms. The molecule has 0 saturated carbocycles. The molecule has 0 aliphatic carbocycles. The van der Waals surface area contributed by atoms with Gasteiger partial charge in [-0.3, -0.25) is 9.59 Å². The number of aromatic nitrogens is 1. The van der Waals surface area contributed by atoms with Crippen LogP contribution in [-0.2, 0) is 9.59 Å². The Balaban J connectivity index is 2.77. The van der Waals surface area contributed by atoms with E-state index in [2.05, 4.69) is 10.3 Å². The van der Waals surface area contributed by atoms with Crippen LogP contribution in [0.3, 0.4) is 0 Å². The predicted molar refractivity (Wildman–Crippen MR) is 64.7 cm³/mol. The SMILES string of the molecule is CCC(NC(=O)C(C)(C)C(=O)O)c1nccs1. The van der Waals surface area contributed by atoms with E-state index in [0.29, 0.717) is 6.42 Å². The molecule has 1 heterocycles. The predicted octanol–water partition coefficient (Wildman–Crippen LogP) is 1.82. The van der Waals surface area contributed by atoms with Gasteiger partial charge in [-0.1, -0.05) is 6.92 Å². The van der Waals surface area contributed by atoms with Crippen LogP contribution >= 0.6 is 11.3 Å². The first-order valence-corrected chi connectivity index (χ1v) is 6.21. The van der Waals surface area contributed by atoms with Crippen molar-refractivity contribution in [3.05, 3.63) is 16.6 Å². The van der Waals surface area contributed by atoms with Crippen molar-refractivity contribution in [3.63, 3.8) is 0 Å². The first-order valence-electron chi connectivity index (χ1n) is 5.33. The van der Waals surface area contributed by atoms with Crippen LogP contribution in [0.5, 0.6) is 0 Å². The van der Waals surface area contributed by atoms with E-state index in [9.17, 15) is 9.59 Å². The Morgan fingerprint density at radius 1 is 1.59 bits per heavy atom. The molecule has 1 aromatic rings. The molecule has 1 amide bonds. The number of aliphatic carboxylic acids is 1. The summed E-state index contributed by atoms with van der Waals surface area (Å²) in [5, 5.41) is 14.3. The highest BCUT2D eigenvalue weighted by molar-refractivity contribution is 7.09. The van der Waals surface area contributed by atoms with Gasteiger partial charge in [0.25, 0.3) is 0 Å². The molecular weight excluding hydrogens is 240 g/mol. The molecule has 5 nitrogen and oxygen atoms in total. The normalized spacial score (nSPS) is 13.1. The zero-order valence-corrected chi connectivity index (χ0v) is 10.9. The summed E-state index contributed by atoms with van der Waals surface area (Å²) >= 11 is 1.44. The van der Waals surface area contributed by atoms with Gasteiger partial charge in [0.05, 0.1) is 6.04 Å². The van der Waals surface area contributed by atoms with Gasteiger partial charge in [-0.05, 0) is 20.3 Å². The van der Waals surface area contributed by atoms with Crippen LogP contribution in [0.4, 0.5) is 0 Å². The maximum Gasteiger partial charge on any atom is 0.318 e. The van der Waals surface area contributed by atoms with Crippen molar-refractivity contribution < 1.29 is 14.7 Å². The van der Waals surface area contributed by atoms with Gasteiger partial charge in [0.15, 0.2) is 0 Å². The zero-order chi connectivity index (χ0) is 13.1. The quantitative estimate of drug-likeness (QED) is 0.788. The third kappa shape index (κ3) is 3.03. The number of carboxylic acids is 1. The summed E-state index contributed by atoms with van der Waals surface area (Å²) in [6.07, 6.45) is 2.34. The molecule has 0 fully saturated rings. The van der Waals surface area contributed by atoms with Crippen molar-refractivity contribution in [2.75, 3.05) is 0 Å². The minimum atomic E-state index is -1.43. The number of carboxylic acid groups (broad SMARTS) is 1. The molecular formula is C11H16N2O3S. The number of amides is 1. The molecule has 1 aromatic heterocycles. The van der Waals surface area contributed by atoms with Gasteiger partial charge in [-0.2, -0.15) is 0 Å². The fourth-order valence-electron chi connectivity index (χ4n) is 1.18. The molecule has 0 radical (unpaired) electrons. The summed E-state index contributed by atoms with van der Waals surface area (Å²) in [4.78, 5) is 26.9. The van der Waals surface area contributed by atoms with Crippen molar-refractivity contribution in [2.45, 2.75) is 33.2 Å². The van der Waals surface area contributed by atoms with Crippen molar-refractivity contribution in [3.8, 4) is 0 Å². The highest BCUT2D eigenvalue weighted by Gasteiger charge is 2.37. The Hall–Kier alpha value is -1.43. The fourth-order valence-corrected chi connectivity index (χ4v) is 1.95. The molecule has 2 N–H and O–H groups in total. The van der Waals surface area contributed by atoms with Crippen LogP contribution in [-0.4, -0.2) is 22.0 Å². The lowest BCUT2D eigenvalue weighted by Gasteiger charge is -2.22. The first kappa shape index (κ1) is 13.6. The summed E-state index contributed by atoms with van der Waals surface area (Å²) < 4.78 is 0. The first-order chi connectivity index (χ1) is 7.89. The fraction of sp³-hybridized carbons (Fsp3) is 0.545. The number of carbonyl (C=O) groups is 2. The Labute approximate surface area is 104 Å². The number of hydrogen-bond donors (Lipinski definition) is 2. The van der Waals surface area contributed by atoms with E-state index in [1.807, 2.05) is 12.3 Å². The molecule has 0 bridgehead atoms. The Morgan fingerprint density at radius 2 is 2.24 bits per heavy atom. The monoisotopic (exact) mass is 256 g/mol. The molecule has 94 valence electrons. The van der Waals surface area contributed by atoms with Crippen LogP contribution in [0.1, 0.15) is 38.2 Å². The highest BCUT2D eigenvalue weighted by atomic mass is 32.1. The van der Waals surface area contributed by atoms with E-state index in [4.69, 9.17) is 5.11 Å². The molecule has 1 atom stereocenters. The van der Waals surface area contributed by atoms with Crippen LogP contribution in [0.25, 0.3) is 0 Å². The van der Waals surface area contributed by atoms with Gasteiger partial charge in [0.1, 0.15) is 10.4 Å². The summed E-state index contributed by atoms with van der Waals surface area (Å²) in [5.74, 6) is -1.63. The van der Waals surface area contributed by atoms with Gasteiger partial charge < -0.3 is 10.4 Å². The maximum absolute atomic E-state index is 11.9. The third-order valence-corrected chi connectivity index (χ3v) is 3.45. The summed E-state index contributed by atoms with van der Waals surface area (Å²) in [6.45, 7) is 4.69. The molecule has 17 heavy (non-hydrogen) atoms. The number of thiazole rings is 1. The Bertz CT molecular complexity index is 401. The van der Waals surface area contributed by atoms with E-state index in [-0.39, 0.29) is 6.04 Å². The number of nitrogens with zero attached hydrogens (tertiary/aromatic N) is 1. The van der Waals surface area contributed by atoms with Crippen molar-refractivity contribution in [1.82, 2.24) is 10.3 Å². The average Bonchev–Trinajstić information content (AvgIpc) is 2.78. The second-order valence-corrected chi connectivity index (χ2v) is 5.16. The molecule has 0 aliphatic rings. The smallest absolute Gasteiger partial charge is 0.318 e. The van der Waals surface area contributed by atoms with Crippen molar-refractivity contribution in [1.29, 1.82) is 0 Å². The number of nitrogens with one attached hydrogen (secondary N) is 1. The Kier molecular flexibility index (Phi) is 4.22. The van der Waals surface area contributed by atoms with E-state index in [1.165, 1.54) is 25.2 Å². The second-order valence-electron chi connectivity index (χ2n) is 4.23. The number of carbonyl (C=O) groups excluding carboxylic acids is 1. The molecule has 0 aliphatic heterocycles. The van der Waals surface area contributed by atoms with Gasteiger partial charge >= 0.3 is 5.97 Å². The average molecular weight is 256 g/mol. The summed E-state index contributed by atoms with van der Waals surface area (Å²) in [6, 6.07) is -0.221. The topological polar surface area (TPSA) is 79.3 Å². The van der Waals surface area contributed by atoms with Crippen LogP contribution in [0.2, 0.25) is 0 Å². The lowest BCUT2D eigenvalue weighted by atomic mass is 9.92. The lowest BCUT2D eigenvalue weighted by molar-refractivity contribution is -0.153. The largest absolute Gasteiger partial charge is 0.480 e. The van der Waals surface area contributed by atoms with E-state index in [0.717, 1.165) is 5.01 Å². The lowest BCUT2D eigenvalue weighted by Crippen LogP contribution is -2.43.